The van der Waals surface area contributed by atoms with Gasteiger partial charge in [-0.2, -0.15) is 0 Å². The summed E-state index contributed by atoms with van der Waals surface area (Å²) in [5, 5.41) is 3.67. The molecule has 6 heteroatoms. The van der Waals surface area contributed by atoms with Crippen LogP contribution in [0.15, 0.2) is 18.2 Å². The minimum Gasteiger partial charge on any atom is -0.465 e. The third-order valence-electron chi connectivity index (χ3n) is 3.29. The molecule has 0 radical (unpaired) electrons. The Balaban J connectivity index is 2.12. The first-order chi connectivity index (χ1) is 9.61. The van der Waals surface area contributed by atoms with E-state index in [4.69, 9.17) is 16.3 Å². The van der Waals surface area contributed by atoms with E-state index in [1.807, 2.05) is 4.90 Å². The molecule has 0 spiro atoms. The van der Waals surface area contributed by atoms with E-state index in [0.29, 0.717) is 36.8 Å². The minimum atomic E-state index is -0.358. The van der Waals surface area contributed by atoms with Crippen molar-refractivity contribution in [2.45, 2.75) is 19.5 Å². The van der Waals surface area contributed by atoms with E-state index in [9.17, 15) is 9.18 Å². The van der Waals surface area contributed by atoms with Crippen molar-refractivity contribution >= 4 is 17.6 Å². The van der Waals surface area contributed by atoms with Crippen LogP contribution in [0.3, 0.4) is 0 Å². The van der Waals surface area contributed by atoms with E-state index in [1.54, 1.807) is 6.92 Å². The number of halogens is 2. The largest absolute Gasteiger partial charge is 0.465 e. The van der Waals surface area contributed by atoms with E-state index < -0.39 is 0 Å². The lowest BCUT2D eigenvalue weighted by atomic mass is 10.1. The third kappa shape index (κ3) is 3.69. The molecule has 110 valence electrons. The predicted octanol–water partition coefficient (Wildman–Crippen LogP) is 1.82. The number of esters is 1. The number of nitrogens with zero attached hydrogens (tertiary/aromatic N) is 1. The van der Waals surface area contributed by atoms with E-state index in [2.05, 4.69) is 5.32 Å². The average molecular weight is 301 g/mol. The number of benzene rings is 1. The molecule has 0 saturated carbocycles. The van der Waals surface area contributed by atoms with Crippen LogP contribution in [0, 0.1) is 5.82 Å². The highest BCUT2D eigenvalue weighted by atomic mass is 35.5. The van der Waals surface area contributed by atoms with Crippen LogP contribution < -0.4 is 5.32 Å². The fraction of sp³-hybridized carbons (Fsp3) is 0.500. The van der Waals surface area contributed by atoms with Gasteiger partial charge in [0.25, 0.3) is 0 Å². The summed E-state index contributed by atoms with van der Waals surface area (Å²) in [5.74, 6) is -0.584. The van der Waals surface area contributed by atoms with Crippen LogP contribution in [0.5, 0.6) is 0 Å². The molecule has 1 fully saturated rings. The maximum Gasteiger partial charge on any atom is 0.324 e. The summed E-state index contributed by atoms with van der Waals surface area (Å²) in [6, 6.07) is 3.91. The van der Waals surface area contributed by atoms with Gasteiger partial charge < -0.3 is 10.1 Å². The van der Waals surface area contributed by atoms with E-state index >= 15 is 0 Å². The lowest BCUT2D eigenvalue weighted by Gasteiger charge is -2.34. The number of carbonyl (C=O) groups is 1. The molecule has 1 aromatic rings. The fourth-order valence-electron chi connectivity index (χ4n) is 2.29. The molecule has 2 rings (SSSR count). The van der Waals surface area contributed by atoms with Crippen LogP contribution in [0.1, 0.15) is 12.5 Å². The second-order valence-electron chi connectivity index (χ2n) is 4.68. The molecule has 0 aromatic heterocycles. The van der Waals surface area contributed by atoms with Crippen molar-refractivity contribution in [2.75, 3.05) is 26.2 Å². The molecule has 20 heavy (non-hydrogen) atoms. The Morgan fingerprint density at radius 3 is 3.15 bits per heavy atom. The number of ether oxygens (including phenoxy) is 1. The first kappa shape index (κ1) is 15.2. The topological polar surface area (TPSA) is 41.6 Å². The summed E-state index contributed by atoms with van der Waals surface area (Å²) in [6.45, 7) is 4.57. The highest BCUT2D eigenvalue weighted by molar-refractivity contribution is 6.31. The molecule has 1 aromatic carbocycles. The quantitative estimate of drug-likeness (QED) is 0.861. The Morgan fingerprint density at radius 1 is 1.60 bits per heavy atom. The van der Waals surface area contributed by atoms with E-state index in [1.165, 1.54) is 18.2 Å². The van der Waals surface area contributed by atoms with E-state index in [-0.39, 0.29) is 17.8 Å². The lowest BCUT2D eigenvalue weighted by Crippen LogP contribution is -2.54. The Morgan fingerprint density at radius 2 is 2.40 bits per heavy atom. The Labute approximate surface area is 122 Å². The van der Waals surface area contributed by atoms with Crippen molar-refractivity contribution in [1.82, 2.24) is 10.2 Å². The van der Waals surface area contributed by atoms with Crippen molar-refractivity contribution < 1.29 is 13.9 Å². The normalized spacial score (nSPS) is 19.9. The van der Waals surface area contributed by atoms with Crippen LogP contribution in [0.2, 0.25) is 5.02 Å². The SMILES string of the molecule is CCOC(=O)C1CNCCN1Cc1cc(F)ccc1Cl. The first-order valence-corrected chi connectivity index (χ1v) is 7.05. The van der Waals surface area contributed by atoms with Gasteiger partial charge in [-0.05, 0) is 30.7 Å². The van der Waals surface area contributed by atoms with E-state index in [0.717, 1.165) is 6.54 Å². The van der Waals surface area contributed by atoms with Crippen LogP contribution in [-0.2, 0) is 16.1 Å². The Kier molecular flexibility index (Phi) is 5.34. The summed E-state index contributed by atoms with van der Waals surface area (Å²) in [4.78, 5) is 13.9. The molecular weight excluding hydrogens is 283 g/mol. The number of rotatable bonds is 4. The van der Waals surface area contributed by atoms with Gasteiger partial charge in [-0.15, -0.1) is 0 Å². The van der Waals surface area contributed by atoms with Gasteiger partial charge in [0.15, 0.2) is 0 Å². The van der Waals surface area contributed by atoms with Crippen molar-refractivity contribution in [3.63, 3.8) is 0 Å². The smallest absolute Gasteiger partial charge is 0.324 e. The maximum atomic E-state index is 13.3. The number of nitrogens with one attached hydrogen (secondary N) is 1. The minimum absolute atomic E-state index is 0.257. The van der Waals surface area contributed by atoms with Crippen LogP contribution >= 0.6 is 11.6 Å². The molecule has 1 N–H and O–H groups in total. The highest BCUT2D eigenvalue weighted by Crippen LogP contribution is 2.20. The van der Waals surface area contributed by atoms with Gasteiger partial charge in [0.05, 0.1) is 6.61 Å². The molecule has 4 nitrogen and oxygen atoms in total. The van der Waals surface area contributed by atoms with Crippen molar-refractivity contribution in [1.29, 1.82) is 0 Å². The molecule has 0 amide bonds. The second-order valence-corrected chi connectivity index (χ2v) is 5.09. The molecule has 1 atom stereocenters. The lowest BCUT2D eigenvalue weighted by molar-refractivity contribution is -0.150. The molecular formula is C14H18ClFN2O2. The zero-order valence-corrected chi connectivity index (χ0v) is 12.1. The second kappa shape index (κ2) is 7.02. The monoisotopic (exact) mass is 300 g/mol. The molecule has 0 aliphatic carbocycles. The Hall–Kier alpha value is -1.17. The van der Waals surface area contributed by atoms with Crippen LogP contribution in [0.25, 0.3) is 0 Å². The molecule has 1 heterocycles. The number of carbonyl (C=O) groups excluding carboxylic acids is 1. The van der Waals surface area contributed by atoms with Crippen molar-refractivity contribution in [3.8, 4) is 0 Å². The summed E-state index contributed by atoms with van der Waals surface area (Å²) in [6.07, 6.45) is 0. The van der Waals surface area contributed by atoms with Gasteiger partial charge >= 0.3 is 5.97 Å². The van der Waals surface area contributed by atoms with Gasteiger partial charge in [0, 0.05) is 31.2 Å². The Bertz CT molecular complexity index is 484. The van der Waals surface area contributed by atoms with Crippen LogP contribution in [-0.4, -0.2) is 43.2 Å². The predicted molar refractivity (Wildman–Crippen MR) is 75.1 cm³/mol. The zero-order valence-electron chi connectivity index (χ0n) is 11.4. The van der Waals surface area contributed by atoms with Crippen LogP contribution in [0.4, 0.5) is 4.39 Å². The average Bonchev–Trinajstić information content (AvgIpc) is 2.44. The maximum absolute atomic E-state index is 13.3. The van der Waals surface area contributed by atoms with Gasteiger partial charge in [-0.25, -0.2) is 4.39 Å². The molecule has 1 unspecified atom stereocenters. The third-order valence-corrected chi connectivity index (χ3v) is 3.66. The number of hydrogen-bond acceptors (Lipinski definition) is 4. The summed E-state index contributed by atoms with van der Waals surface area (Å²) >= 11 is 6.08. The van der Waals surface area contributed by atoms with Crippen molar-refractivity contribution in [2.24, 2.45) is 0 Å². The molecule has 1 aliphatic rings. The summed E-state index contributed by atoms with van der Waals surface area (Å²) < 4.78 is 18.4. The summed E-state index contributed by atoms with van der Waals surface area (Å²) in [5.41, 5.74) is 0.683. The summed E-state index contributed by atoms with van der Waals surface area (Å²) in [7, 11) is 0. The van der Waals surface area contributed by atoms with Gasteiger partial charge in [0.2, 0.25) is 0 Å². The number of hydrogen-bond donors (Lipinski definition) is 1. The van der Waals surface area contributed by atoms with Gasteiger partial charge in [0.1, 0.15) is 11.9 Å². The molecule has 1 saturated heterocycles. The number of piperazine rings is 1. The first-order valence-electron chi connectivity index (χ1n) is 6.67. The van der Waals surface area contributed by atoms with Gasteiger partial charge in [-0.3, -0.25) is 9.69 Å². The van der Waals surface area contributed by atoms with Gasteiger partial charge in [-0.1, -0.05) is 11.6 Å². The standard InChI is InChI=1S/C14H18ClFN2O2/c1-2-20-14(19)13-8-17-5-6-18(13)9-10-7-11(16)3-4-12(10)15/h3-4,7,13,17H,2,5-6,8-9H2,1H3. The van der Waals surface area contributed by atoms with Crippen molar-refractivity contribution in [3.05, 3.63) is 34.6 Å². The highest BCUT2D eigenvalue weighted by Gasteiger charge is 2.30. The molecule has 1 aliphatic heterocycles. The molecule has 0 bridgehead atoms. The fourth-order valence-corrected chi connectivity index (χ4v) is 2.47. The zero-order chi connectivity index (χ0) is 14.5.